The molecular weight excluding hydrogens is 341 g/mol. The first kappa shape index (κ1) is 15.8. The van der Waals surface area contributed by atoms with E-state index in [4.69, 9.17) is 22.8 Å². The van der Waals surface area contributed by atoms with Crippen molar-refractivity contribution in [2.24, 2.45) is 4.99 Å². The van der Waals surface area contributed by atoms with Crippen molar-refractivity contribution in [2.45, 2.75) is 25.9 Å². The standard InChI is InChI=1S/C15H13ClFN3O2S/c1-2-9-22-13-10(16)5-6-11(12(13)17)18-14-19-7-3-4-8-20(19)15(21)23-14/h1,5-6H,3-4,7-9H2. The van der Waals surface area contributed by atoms with Gasteiger partial charge >= 0.3 is 4.87 Å². The summed E-state index contributed by atoms with van der Waals surface area (Å²) in [5.41, 5.74) is 0.0594. The number of nitrogens with zero attached hydrogens (tertiary/aromatic N) is 3. The fourth-order valence-corrected chi connectivity index (χ4v) is 3.47. The lowest BCUT2D eigenvalue weighted by molar-refractivity contribution is 0.344. The molecule has 2 aromatic rings. The highest BCUT2D eigenvalue weighted by Crippen LogP contribution is 2.33. The minimum atomic E-state index is -0.691. The van der Waals surface area contributed by atoms with E-state index in [9.17, 15) is 9.18 Å². The Bertz CT molecular complexity index is 907. The van der Waals surface area contributed by atoms with Crippen LogP contribution in [0, 0.1) is 18.2 Å². The number of hydrogen-bond acceptors (Lipinski definition) is 4. The lowest BCUT2D eigenvalue weighted by Gasteiger charge is -2.15. The van der Waals surface area contributed by atoms with Gasteiger partial charge < -0.3 is 4.74 Å². The molecule has 1 aromatic heterocycles. The molecule has 0 spiro atoms. The third-order valence-electron chi connectivity index (χ3n) is 3.44. The monoisotopic (exact) mass is 353 g/mol. The van der Waals surface area contributed by atoms with E-state index in [0.29, 0.717) is 17.9 Å². The van der Waals surface area contributed by atoms with Crippen LogP contribution in [0.3, 0.4) is 0 Å². The highest BCUT2D eigenvalue weighted by molar-refractivity contribution is 7.06. The van der Waals surface area contributed by atoms with Gasteiger partial charge in [-0.05, 0) is 36.3 Å². The van der Waals surface area contributed by atoms with E-state index in [1.165, 1.54) is 12.1 Å². The minimum Gasteiger partial charge on any atom is -0.476 e. The van der Waals surface area contributed by atoms with Crippen LogP contribution < -0.4 is 14.4 Å². The van der Waals surface area contributed by atoms with Crippen LogP contribution >= 0.6 is 22.9 Å². The van der Waals surface area contributed by atoms with Crippen LogP contribution in [-0.4, -0.2) is 16.0 Å². The predicted octanol–water partition coefficient (Wildman–Crippen LogP) is 2.54. The number of fused-ring (bicyclic) bond motifs is 1. The normalized spacial score (nSPS) is 14.4. The SMILES string of the molecule is C#CCOc1c(Cl)ccc(N=c2sc(=O)n3n2CCCC3)c1F. The van der Waals surface area contributed by atoms with Gasteiger partial charge in [-0.3, -0.25) is 9.48 Å². The summed E-state index contributed by atoms with van der Waals surface area (Å²) in [4.78, 5) is 16.6. The summed E-state index contributed by atoms with van der Waals surface area (Å²) in [7, 11) is 0. The third-order valence-corrected chi connectivity index (χ3v) is 4.60. The first-order chi connectivity index (χ1) is 11.1. The number of hydrogen-bond donors (Lipinski definition) is 0. The Balaban J connectivity index is 2.10. The van der Waals surface area contributed by atoms with Gasteiger partial charge in [-0.2, -0.15) is 0 Å². The highest BCUT2D eigenvalue weighted by Gasteiger charge is 2.16. The predicted molar refractivity (Wildman–Crippen MR) is 86.8 cm³/mol. The summed E-state index contributed by atoms with van der Waals surface area (Å²) in [6.45, 7) is 1.25. The number of ether oxygens (including phenoxy) is 1. The Kier molecular flexibility index (Phi) is 4.55. The summed E-state index contributed by atoms with van der Waals surface area (Å²) in [5, 5.41) is 0.122. The number of terminal acetylenes is 1. The van der Waals surface area contributed by atoms with Gasteiger partial charge in [-0.1, -0.05) is 17.5 Å². The Morgan fingerprint density at radius 1 is 1.39 bits per heavy atom. The van der Waals surface area contributed by atoms with Gasteiger partial charge in [0.1, 0.15) is 12.3 Å². The van der Waals surface area contributed by atoms with Crippen LogP contribution in [0.15, 0.2) is 21.9 Å². The zero-order chi connectivity index (χ0) is 16.4. The van der Waals surface area contributed by atoms with Crippen molar-refractivity contribution in [2.75, 3.05) is 6.61 Å². The molecule has 8 heteroatoms. The summed E-state index contributed by atoms with van der Waals surface area (Å²) in [6, 6.07) is 2.94. The van der Waals surface area contributed by atoms with Crippen LogP contribution in [0.5, 0.6) is 5.75 Å². The van der Waals surface area contributed by atoms with Crippen molar-refractivity contribution in [3.05, 3.63) is 37.4 Å². The number of halogens is 2. The minimum absolute atomic E-state index is 0.0594. The van der Waals surface area contributed by atoms with Gasteiger partial charge in [0.25, 0.3) is 0 Å². The number of rotatable bonds is 3. The van der Waals surface area contributed by atoms with E-state index in [2.05, 4.69) is 10.9 Å². The molecule has 0 saturated heterocycles. The molecule has 0 aliphatic carbocycles. The van der Waals surface area contributed by atoms with Gasteiger partial charge in [0.15, 0.2) is 11.6 Å². The van der Waals surface area contributed by atoms with Crippen LogP contribution in [0.4, 0.5) is 10.1 Å². The summed E-state index contributed by atoms with van der Waals surface area (Å²) >= 11 is 6.92. The van der Waals surface area contributed by atoms with E-state index in [-0.39, 0.29) is 27.9 Å². The van der Waals surface area contributed by atoms with Crippen LogP contribution in [-0.2, 0) is 13.1 Å². The Morgan fingerprint density at radius 3 is 2.87 bits per heavy atom. The molecule has 0 unspecified atom stereocenters. The summed E-state index contributed by atoms with van der Waals surface area (Å²) in [6.07, 6.45) is 7.03. The molecule has 0 N–H and O–H groups in total. The molecule has 3 rings (SSSR count). The zero-order valence-corrected chi connectivity index (χ0v) is 13.7. The average molecular weight is 354 g/mol. The van der Waals surface area contributed by atoms with Crippen molar-refractivity contribution in [1.82, 2.24) is 9.36 Å². The van der Waals surface area contributed by atoms with Crippen molar-refractivity contribution in [3.63, 3.8) is 0 Å². The maximum Gasteiger partial charge on any atom is 0.325 e. The maximum absolute atomic E-state index is 14.5. The molecule has 0 fully saturated rings. The van der Waals surface area contributed by atoms with Crippen molar-refractivity contribution >= 4 is 28.6 Å². The van der Waals surface area contributed by atoms with Gasteiger partial charge in [-0.25, -0.2) is 14.1 Å². The summed E-state index contributed by atoms with van der Waals surface area (Å²) < 4.78 is 23.1. The second-order valence-corrected chi connectivity index (χ2v) is 6.24. The molecule has 0 bridgehead atoms. The molecule has 0 amide bonds. The van der Waals surface area contributed by atoms with Crippen molar-refractivity contribution in [3.8, 4) is 18.1 Å². The van der Waals surface area contributed by atoms with E-state index < -0.39 is 5.82 Å². The van der Waals surface area contributed by atoms with Gasteiger partial charge in [0.05, 0.1) is 5.02 Å². The molecule has 0 saturated carbocycles. The molecule has 5 nitrogen and oxygen atoms in total. The third kappa shape index (κ3) is 3.05. The Labute approximate surface area is 140 Å². The van der Waals surface area contributed by atoms with E-state index in [1.54, 1.807) is 9.36 Å². The van der Waals surface area contributed by atoms with Gasteiger partial charge in [0, 0.05) is 13.1 Å². The zero-order valence-electron chi connectivity index (χ0n) is 12.1. The van der Waals surface area contributed by atoms with Crippen LogP contribution in [0.2, 0.25) is 5.02 Å². The Hall–Kier alpha value is -2.04. The number of benzene rings is 1. The lowest BCUT2D eigenvalue weighted by atomic mass is 10.3. The highest BCUT2D eigenvalue weighted by atomic mass is 35.5. The quantitative estimate of drug-likeness (QED) is 0.796. The largest absolute Gasteiger partial charge is 0.476 e. The van der Waals surface area contributed by atoms with E-state index >= 15 is 0 Å². The smallest absolute Gasteiger partial charge is 0.325 e. The van der Waals surface area contributed by atoms with E-state index in [1.807, 2.05) is 0 Å². The molecule has 120 valence electrons. The average Bonchev–Trinajstić information content (AvgIpc) is 2.87. The topological polar surface area (TPSA) is 48.5 Å². The van der Waals surface area contributed by atoms with E-state index in [0.717, 1.165) is 24.2 Å². The molecule has 1 aliphatic rings. The molecule has 1 aromatic carbocycles. The Morgan fingerprint density at radius 2 is 2.13 bits per heavy atom. The maximum atomic E-state index is 14.5. The molecular formula is C15H13ClFN3O2S. The molecule has 0 atom stereocenters. The number of aromatic nitrogens is 2. The van der Waals surface area contributed by atoms with Gasteiger partial charge in [-0.15, -0.1) is 6.42 Å². The van der Waals surface area contributed by atoms with Gasteiger partial charge in [0.2, 0.25) is 4.80 Å². The van der Waals surface area contributed by atoms with Crippen molar-refractivity contribution in [1.29, 1.82) is 0 Å². The molecule has 2 heterocycles. The molecule has 23 heavy (non-hydrogen) atoms. The molecule has 0 radical (unpaired) electrons. The van der Waals surface area contributed by atoms with Crippen LogP contribution in [0.1, 0.15) is 12.8 Å². The van der Waals surface area contributed by atoms with Crippen LogP contribution in [0.25, 0.3) is 0 Å². The fourth-order valence-electron chi connectivity index (χ4n) is 2.37. The fraction of sp³-hybridized carbons (Fsp3) is 0.333. The first-order valence-electron chi connectivity index (χ1n) is 7.01. The second kappa shape index (κ2) is 6.60. The lowest BCUT2D eigenvalue weighted by Crippen LogP contribution is -2.31. The second-order valence-electron chi connectivity index (χ2n) is 4.92. The molecule has 1 aliphatic heterocycles. The van der Waals surface area contributed by atoms with Crippen molar-refractivity contribution < 1.29 is 9.13 Å². The first-order valence-corrected chi connectivity index (χ1v) is 8.21. The summed E-state index contributed by atoms with van der Waals surface area (Å²) in [5.74, 6) is 1.44.